The minimum Gasteiger partial charge on any atom is -0.481 e. The molecule has 1 N–H and O–H groups in total. The van der Waals surface area contributed by atoms with Gasteiger partial charge in [0.1, 0.15) is 0 Å². The summed E-state index contributed by atoms with van der Waals surface area (Å²) in [4.78, 5) is 13.0. The fourth-order valence-corrected chi connectivity index (χ4v) is 1.87. The molecular weight excluding hydrogens is 154 g/mol. The fraction of sp³-hybridized carbons (Fsp3) is 0.889. The van der Waals surface area contributed by atoms with E-state index in [9.17, 15) is 4.79 Å². The second-order valence-corrected chi connectivity index (χ2v) is 4.11. The molecule has 1 unspecified atom stereocenters. The van der Waals surface area contributed by atoms with Crippen molar-refractivity contribution in [3.05, 3.63) is 0 Å². The summed E-state index contributed by atoms with van der Waals surface area (Å²) in [6, 6.07) is 0. The Morgan fingerprint density at radius 3 is 2.58 bits per heavy atom. The first-order chi connectivity index (χ1) is 5.46. The molecule has 0 aromatic carbocycles. The normalized spacial score (nSPS) is 30.1. The van der Waals surface area contributed by atoms with Crippen LogP contribution in [0.25, 0.3) is 0 Å². The van der Waals surface area contributed by atoms with E-state index >= 15 is 0 Å². The van der Waals surface area contributed by atoms with Crippen LogP contribution in [0.15, 0.2) is 0 Å². The Labute approximate surface area is 73.4 Å². The number of piperidine rings is 1. The van der Waals surface area contributed by atoms with Gasteiger partial charge < -0.3 is 10.0 Å². The molecule has 3 nitrogen and oxygen atoms in total. The number of nitrogens with zero attached hydrogens (tertiary/aromatic N) is 1. The van der Waals surface area contributed by atoms with Gasteiger partial charge in [0.25, 0.3) is 0 Å². The van der Waals surface area contributed by atoms with Crippen LogP contribution in [0, 0.1) is 5.92 Å². The molecular formula is C9H17NO2. The molecule has 1 saturated heterocycles. The number of carboxylic acids is 1. The second-order valence-electron chi connectivity index (χ2n) is 4.11. The van der Waals surface area contributed by atoms with Gasteiger partial charge >= 0.3 is 5.97 Å². The molecule has 70 valence electrons. The van der Waals surface area contributed by atoms with E-state index < -0.39 is 5.97 Å². The summed E-state index contributed by atoms with van der Waals surface area (Å²) in [5.74, 6) is -0.872. The van der Waals surface area contributed by atoms with Crippen LogP contribution in [0.3, 0.4) is 0 Å². The summed E-state index contributed by atoms with van der Waals surface area (Å²) in [7, 11) is 2.00. The molecule has 3 heteroatoms. The van der Waals surface area contributed by atoms with Crippen LogP contribution in [0.5, 0.6) is 0 Å². The van der Waals surface area contributed by atoms with E-state index in [2.05, 4.69) is 4.90 Å². The van der Waals surface area contributed by atoms with E-state index in [1.54, 1.807) is 0 Å². The lowest BCUT2D eigenvalue weighted by atomic mass is 9.79. The highest BCUT2D eigenvalue weighted by molar-refractivity contribution is 5.71. The van der Waals surface area contributed by atoms with Crippen LogP contribution in [0.1, 0.15) is 26.7 Å². The van der Waals surface area contributed by atoms with Gasteiger partial charge in [-0.25, -0.2) is 0 Å². The van der Waals surface area contributed by atoms with Gasteiger partial charge in [0.15, 0.2) is 0 Å². The highest BCUT2D eigenvalue weighted by Gasteiger charge is 2.40. The van der Waals surface area contributed by atoms with Crippen LogP contribution >= 0.6 is 0 Å². The van der Waals surface area contributed by atoms with Crippen molar-refractivity contribution in [2.45, 2.75) is 32.2 Å². The van der Waals surface area contributed by atoms with Gasteiger partial charge in [-0.3, -0.25) is 4.79 Å². The lowest BCUT2D eigenvalue weighted by Gasteiger charge is -2.44. The van der Waals surface area contributed by atoms with Crippen molar-refractivity contribution in [1.29, 1.82) is 0 Å². The summed E-state index contributed by atoms with van der Waals surface area (Å²) in [5, 5.41) is 8.96. The van der Waals surface area contributed by atoms with Gasteiger partial charge in [0.2, 0.25) is 0 Å². The Bertz CT molecular complexity index is 189. The zero-order valence-electron chi connectivity index (χ0n) is 8.00. The average Bonchev–Trinajstić information content (AvgIpc) is 1.94. The first-order valence-electron chi connectivity index (χ1n) is 4.40. The van der Waals surface area contributed by atoms with Crippen molar-refractivity contribution < 1.29 is 9.90 Å². The van der Waals surface area contributed by atoms with Gasteiger partial charge in [-0.2, -0.15) is 0 Å². The van der Waals surface area contributed by atoms with Crippen molar-refractivity contribution in [2.24, 2.45) is 5.92 Å². The molecule has 0 aromatic rings. The molecule has 1 aliphatic heterocycles. The van der Waals surface area contributed by atoms with E-state index in [4.69, 9.17) is 5.11 Å². The Kier molecular flexibility index (Phi) is 2.42. The van der Waals surface area contributed by atoms with Crippen LogP contribution in [-0.2, 0) is 4.79 Å². The van der Waals surface area contributed by atoms with E-state index in [1.807, 2.05) is 20.9 Å². The maximum Gasteiger partial charge on any atom is 0.308 e. The van der Waals surface area contributed by atoms with Gasteiger partial charge in [-0.1, -0.05) is 0 Å². The molecule has 0 radical (unpaired) electrons. The molecule has 0 amide bonds. The standard InChI is InChI=1S/C9H17NO2/c1-9(2)7(8(11)12)5-4-6-10(9)3/h7H,4-6H2,1-3H3,(H,11,12). The molecule has 0 aromatic heterocycles. The Balaban J connectivity index is 2.79. The van der Waals surface area contributed by atoms with Gasteiger partial charge in [0, 0.05) is 5.54 Å². The Morgan fingerprint density at radius 2 is 2.17 bits per heavy atom. The smallest absolute Gasteiger partial charge is 0.308 e. The maximum atomic E-state index is 10.9. The minimum absolute atomic E-state index is 0.190. The summed E-state index contributed by atoms with van der Waals surface area (Å²) in [6.07, 6.45) is 1.81. The SMILES string of the molecule is CN1CCCC(C(=O)O)C1(C)C. The lowest BCUT2D eigenvalue weighted by Crippen LogP contribution is -2.53. The molecule has 0 spiro atoms. The average molecular weight is 171 g/mol. The lowest BCUT2D eigenvalue weighted by molar-refractivity contribution is -0.149. The molecule has 1 rings (SSSR count). The second kappa shape index (κ2) is 3.05. The molecule has 0 saturated carbocycles. The van der Waals surface area contributed by atoms with Gasteiger partial charge in [-0.15, -0.1) is 0 Å². The summed E-state index contributed by atoms with van der Waals surface area (Å²) in [5.41, 5.74) is -0.190. The Hall–Kier alpha value is -0.570. The van der Waals surface area contributed by atoms with Crippen LogP contribution < -0.4 is 0 Å². The van der Waals surface area contributed by atoms with Crippen molar-refractivity contribution >= 4 is 5.97 Å². The topological polar surface area (TPSA) is 40.5 Å². The van der Waals surface area contributed by atoms with Crippen molar-refractivity contribution in [3.63, 3.8) is 0 Å². The predicted molar refractivity (Wildman–Crippen MR) is 47.1 cm³/mol. The largest absolute Gasteiger partial charge is 0.481 e. The number of carboxylic acid groups (broad SMARTS) is 1. The van der Waals surface area contributed by atoms with E-state index in [0.29, 0.717) is 0 Å². The summed E-state index contributed by atoms with van der Waals surface area (Å²) in [6.45, 7) is 5.02. The van der Waals surface area contributed by atoms with Crippen molar-refractivity contribution in [1.82, 2.24) is 4.90 Å². The molecule has 1 aliphatic rings. The van der Waals surface area contributed by atoms with Crippen LogP contribution in [0.2, 0.25) is 0 Å². The van der Waals surface area contributed by atoms with Crippen molar-refractivity contribution in [2.75, 3.05) is 13.6 Å². The first kappa shape index (κ1) is 9.52. The van der Waals surface area contributed by atoms with Crippen molar-refractivity contribution in [3.8, 4) is 0 Å². The molecule has 1 fully saturated rings. The summed E-state index contributed by atoms with van der Waals surface area (Å²) < 4.78 is 0. The third-order valence-electron chi connectivity index (χ3n) is 3.12. The van der Waals surface area contributed by atoms with E-state index in [1.165, 1.54) is 0 Å². The molecule has 12 heavy (non-hydrogen) atoms. The highest BCUT2D eigenvalue weighted by atomic mass is 16.4. The van der Waals surface area contributed by atoms with E-state index in [-0.39, 0.29) is 11.5 Å². The zero-order chi connectivity index (χ0) is 9.35. The monoisotopic (exact) mass is 171 g/mol. The predicted octanol–water partition coefficient (Wildman–Crippen LogP) is 1.19. The minimum atomic E-state index is -0.661. The van der Waals surface area contributed by atoms with Gasteiger partial charge in [0.05, 0.1) is 5.92 Å². The number of hydrogen-bond donors (Lipinski definition) is 1. The number of carbonyl (C=O) groups is 1. The zero-order valence-corrected chi connectivity index (χ0v) is 8.00. The van der Waals surface area contributed by atoms with Crippen LogP contribution in [0.4, 0.5) is 0 Å². The fourth-order valence-electron chi connectivity index (χ4n) is 1.87. The summed E-state index contributed by atoms with van der Waals surface area (Å²) >= 11 is 0. The first-order valence-corrected chi connectivity index (χ1v) is 4.40. The van der Waals surface area contributed by atoms with E-state index in [0.717, 1.165) is 19.4 Å². The quantitative estimate of drug-likeness (QED) is 0.644. The van der Waals surface area contributed by atoms with Crippen LogP contribution in [-0.4, -0.2) is 35.1 Å². The van der Waals surface area contributed by atoms with Gasteiger partial charge in [-0.05, 0) is 40.3 Å². The molecule has 0 aliphatic carbocycles. The highest BCUT2D eigenvalue weighted by Crippen LogP contribution is 2.31. The molecule has 1 atom stereocenters. The number of rotatable bonds is 1. The number of hydrogen-bond acceptors (Lipinski definition) is 2. The Morgan fingerprint density at radius 1 is 1.58 bits per heavy atom. The molecule has 1 heterocycles. The number of likely N-dealkylation sites (tertiary alicyclic amines) is 1. The third-order valence-corrected chi connectivity index (χ3v) is 3.12. The number of aliphatic carboxylic acids is 1. The maximum absolute atomic E-state index is 10.9. The third kappa shape index (κ3) is 1.46. The molecule has 0 bridgehead atoms.